The predicted molar refractivity (Wildman–Crippen MR) is 96.9 cm³/mol. The number of fused-ring (bicyclic) bond motifs is 1. The molecule has 0 unspecified atom stereocenters. The molecule has 0 atom stereocenters. The van der Waals surface area contributed by atoms with Crippen molar-refractivity contribution in [1.82, 2.24) is 4.98 Å². The minimum absolute atomic E-state index is 0.135. The molecule has 0 bridgehead atoms. The predicted octanol–water partition coefficient (Wildman–Crippen LogP) is 3.41. The Balaban J connectivity index is 2.06. The maximum absolute atomic E-state index is 14.7. The summed E-state index contributed by atoms with van der Waals surface area (Å²) in [7, 11) is -0.241. The lowest BCUT2D eigenvalue weighted by molar-refractivity contribution is 0.322. The van der Waals surface area contributed by atoms with Crippen LogP contribution in [0.25, 0.3) is 10.9 Å². The summed E-state index contributed by atoms with van der Waals surface area (Å²) in [6, 6.07) is 6.80. The molecule has 144 valence electrons. The van der Waals surface area contributed by atoms with Gasteiger partial charge in [-0.1, -0.05) is 0 Å². The van der Waals surface area contributed by atoms with Crippen LogP contribution in [0.5, 0.6) is 23.0 Å². The normalized spacial score (nSPS) is 11.4. The number of benzene rings is 2. The largest absolute Gasteiger partial charge is 0.493 e. The summed E-state index contributed by atoms with van der Waals surface area (Å²) in [4.78, 5) is 2.71. The van der Waals surface area contributed by atoms with Crippen LogP contribution in [0.4, 0.5) is 4.39 Å². The van der Waals surface area contributed by atoms with Crippen molar-refractivity contribution in [3.8, 4) is 23.0 Å². The Morgan fingerprint density at radius 3 is 2.11 bits per heavy atom. The second-order valence-corrected chi connectivity index (χ2v) is 7.24. The van der Waals surface area contributed by atoms with Crippen LogP contribution >= 0.6 is 0 Å². The highest BCUT2D eigenvalue weighted by molar-refractivity contribution is 7.87. The first-order chi connectivity index (χ1) is 12.8. The number of methoxy groups -OCH3 is 3. The number of hydrogen-bond donors (Lipinski definition) is 1. The molecule has 0 aliphatic carbocycles. The van der Waals surface area contributed by atoms with Gasteiger partial charge in [-0.3, -0.25) is 0 Å². The molecule has 2 aromatic carbocycles. The fourth-order valence-electron chi connectivity index (χ4n) is 2.72. The second-order valence-electron chi connectivity index (χ2n) is 5.69. The number of hydrogen-bond acceptors (Lipinski definition) is 6. The molecule has 9 heteroatoms. The second kappa shape index (κ2) is 6.99. The monoisotopic (exact) mass is 395 g/mol. The van der Waals surface area contributed by atoms with E-state index in [1.807, 2.05) is 0 Å². The maximum Gasteiger partial charge on any atom is 0.339 e. The molecular weight excluding hydrogens is 377 g/mol. The number of aromatic nitrogens is 1. The van der Waals surface area contributed by atoms with Gasteiger partial charge in [-0.2, -0.15) is 8.42 Å². The van der Waals surface area contributed by atoms with Gasteiger partial charge >= 0.3 is 10.1 Å². The first-order valence-corrected chi connectivity index (χ1v) is 9.24. The Morgan fingerprint density at radius 2 is 1.56 bits per heavy atom. The third kappa shape index (κ3) is 3.37. The molecule has 0 aliphatic heterocycles. The van der Waals surface area contributed by atoms with Gasteiger partial charge in [-0.15, -0.1) is 0 Å². The zero-order valence-electron chi connectivity index (χ0n) is 15.1. The number of ether oxygens (including phenoxy) is 3. The van der Waals surface area contributed by atoms with Crippen molar-refractivity contribution in [2.75, 3.05) is 21.3 Å². The lowest BCUT2D eigenvalue weighted by atomic mass is 10.2. The van der Waals surface area contributed by atoms with E-state index in [1.165, 1.54) is 39.5 Å². The van der Waals surface area contributed by atoms with E-state index >= 15 is 0 Å². The van der Waals surface area contributed by atoms with Gasteiger partial charge in [0.2, 0.25) is 5.75 Å². The molecular formula is C18H18FNO6S. The highest BCUT2D eigenvalue weighted by Crippen LogP contribution is 2.40. The van der Waals surface area contributed by atoms with Crippen LogP contribution in [0, 0.1) is 12.7 Å². The van der Waals surface area contributed by atoms with Crippen LogP contribution in [0.2, 0.25) is 0 Å². The van der Waals surface area contributed by atoms with Crippen molar-refractivity contribution in [3.63, 3.8) is 0 Å². The molecule has 0 saturated carbocycles. The van der Waals surface area contributed by atoms with Gasteiger partial charge in [0.05, 0.1) is 21.3 Å². The fraction of sp³-hybridized carbons (Fsp3) is 0.222. The molecule has 3 aromatic rings. The number of nitrogens with one attached hydrogen (secondary N) is 1. The average molecular weight is 395 g/mol. The Hall–Kier alpha value is -2.94. The fourth-order valence-corrected chi connectivity index (χ4v) is 3.68. The molecule has 0 fully saturated rings. The summed E-state index contributed by atoms with van der Waals surface area (Å²) in [5.74, 6) is -0.676. The summed E-state index contributed by atoms with van der Waals surface area (Å²) in [6.45, 7) is 1.77. The van der Waals surface area contributed by atoms with E-state index in [4.69, 9.17) is 18.4 Å². The number of H-pyrrole nitrogens is 1. The number of aryl methyl sites for hydroxylation is 1. The van der Waals surface area contributed by atoms with Crippen molar-refractivity contribution in [2.24, 2.45) is 0 Å². The highest BCUT2D eigenvalue weighted by Gasteiger charge is 2.25. The van der Waals surface area contributed by atoms with Crippen LogP contribution < -0.4 is 18.4 Å². The first-order valence-electron chi connectivity index (χ1n) is 7.83. The Morgan fingerprint density at radius 1 is 0.926 bits per heavy atom. The molecule has 0 amide bonds. The number of rotatable bonds is 6. The molecule has 0 aliphatic rings. The maximum atomic E-state index is 14.7. The van der Waals surface area contributed by atoms with Crippen LogP contribution in [-0.4, -0.2) is 34.7 Å². The minimum atomic E-state index is -4.35. The number of aromatic amines is 1. The topological polar surface area (TPSA) is 86.9 Å². The van der Waals surface area contributed by atoms with E-state index in [9.17, 15) is 12.8 Å². The van der Waals surface area contributed by atoms with Crippen molar-refractivity contribution in [1.29, 1.82) is 0 Å². The molecule has 0 saturated heterocycles. The van der Waals surface area contributed by atoms with Gasteiger partial charge in [0.25, 0.3) is 0 Å². The van der Waals surface area contributed by atoms with Crippen LogP contribution in [0.3, 0.4) is 0 Å². The van der Waals surface area contributed by atoms with Crippen molar-refractivity contribution < 1.29 is 31.2 Å². The summed E-state index contributed by atoms with van der Waals surface area (Å²) >= 11 is 0. The van der Waals surface area contributed by atoms with Gasteiger partial charge in [0.15, 0.2) is 23.1 Å². The van der Waals surface area contributed by atoms with Gasteiger partial charge < -0.3 is 23.4 Å². The van der Waals surface area contributed by atoms with Crippen molar-refractivity contribution >= 4 is 21.0 Å². The Kier molecular flexibility index (Phi) is 4.88. The standard InChI is InChI=1S/C18H18FNO6S/c1-10-7-12-13(20-10)5-6-14(17(12)19)26-27(21,22)11-8-15(23-2)18(25-4)16(9-11)24-3/h5-9,20H,1-4H3. The van der Waals surface area contributed by atoms with E-state index in [0.717, 1.165) is 5.69 Å². The van der Waals surface area contributed by atoms with Gasteiger partial charge in [-0.05, 0) is 25.1 Å². The Bertz CT molecular complexity index is 1080. The summed E-state index contributed by atoms with van der Waals surface area (Å²) in [5.41, 5.74) is 1.29. The Labute approximate surface area is 155 Å². The van der Waals surface area contributed by atoms with Crippen molar-refractivity contribution in [3.05, 3.63) is 41.8 Å². The smallest absolute Gasteiger partial charge is 0.339 e. The lowest BCUT2D eigenvalue weighted by Gasteiger charge is -2.14. The van der Waals surface area contributed by atoms with Crippen LogP contribution in [0.15, 0.2) is 35.2 Å². The molecule has 3 rings (SSSR count). The zero-order valence-corrected chi connectivity index (χ0v) is 15.9. The SMILES string of the molecule is COc1cc(S(=O)(=O)Oc2ccc3[nH]c(C)cc3c2F)cc(OC)c1OC. The van der Waals surface area contributed by atoms with E-state index < -0.39 is 21.7 Å². The van der Waals surface area contributed by atoms with Gasteiger partial charge in [-0.25, -0.2) is 4.39 Å². The zero-order chi connectivity index (χ0) is 19.8. The molecule has 1 aromatic heterocycles. The quantitative estimate of drug-likeness (QED) is 0.644. The van der Waals surface area contributed by atoms with E-state index in [0.29, 0.717) is 5.52 Å². The van der Waals surface area contributed by atoms with E-state index in [2.05, 4.69) is 4.98 Å². The molecule has 0 spiro atoms. The van der Waals surface area contributed by atoms with E-state index in [1.54, 1.807) is 19.1 Å². The number of halogens is 1. The lowest BCUT2D eigenvalue weighted by Crippen LogP contribution is -2.11. The third-order valence-corrected chi connectivity index (χ3v) is 5.18. The summed E-state index contributed by atoms with van der Waals surface area (Å²) < 4.78 is 60.5. The first kappa shape index (κ1) is 18.8. The van der Waals surface area contributed by atoms with Crippen molar-refractivity contribution in [2.45, 2.75) is 11.8 Å². The van der Waals surface area contributed by atoms with Gasteiger partial charge in [0.1, 0.15) is 4.90 Å². The van der Waals surface area contributed by atoms with Gasteiger partial charge in [0, 0.05) is 28.7 Å². The van der Waals surface area contributed by atoms with Crippen LogP contribution in [-0.2, 0) is 10.1 Å². The highest BCUT2D eigenvalue weighted by atomic mass is 32.2. The average Bonchev–Trinajstić information content (AvgIpc) is 3.03. The summed E-state index contributed by atoms with van der Waals surface area (Å²) in [6.07, 6.45) is 0. The van der Waals surface area contributed by atoms with E-state index in [-0.39, 0.29) is 27.5 Å². The molecule has 1 heterocycles. The third-order valence-electron chi connectivity index (χ3n) is 3.96. The minimum Gasteiger partial charge on any atom is -0.493 e. The summed E-state index contributed by atoms with van der Waals surface area (Å²) in [5, 5.41) is 0.241. The molecule has 7 nitrogen and oxygen atoms in total. The molecule has 27 heavy (non-hydrogen) atoms. The van der Waals surface area contributed by atoms with Crippen LogP contribution in [0.1, 0.15) is 5.69 Å². The molecule has 1 N–H and O–H groups in total. The molecule has 0 radical (unpaired) electrons.